The molecule has 1 aliphatic rings. The quantitative estimate of drug-likeness (QED) is 0.369. The van der Waals surface area contributed by atoms with E-state index in [1.165, 1.54) is 0 Å². The fraction of sp³-hybridized carbons (Fsp3) is 0.700. The molecule has 1 saturated heterocycles. The number of ether oxygens (including phenoxy) is 2. The number of pyridine rings is 1. The zero-order valence-electron chi connectivity index (χ0n) is 17.0. The Labute approximate surface area is 163 Å². The van der Waals surface area contributed by atoms with Crippen LogP contribution in [0.2, 0.25) is 0 Å². The Morgan fingerprint density at radius 3 is 2.89 bits per heavy atom. The molecule has 0 bridgehead atoms. The number of aliphatic imine (C=N–C) groups is 1. The van der Waals surface area contributed by atoms with Gasteiger partial charge in [-0.05, 0) is 49.8 Å². The molecule has 2 N–H and O–H groups in total. The summed E-state index contributed by atoms with van der Waals surface area (Å²) in [6.07, 6.45) is 5.05. The lowest BCUT2D eigenvalue weighted by Crippen LogP contribution is -2.38. The second-order valence-electron chi connectivity index (χ2n) is 7.02. The third-order valence-electron chi connectivity index (χ3n) is 4.48. The summed E-state index contributed by atoms with van der Waals surface area (Å²) in [6, 6.07) is 4.07. The minimum absolute atomic E-state index is 0.624. The molecular weight excluding hydrogens is 342 g/mol. The van der Waals surface area contributed by atoms with Gasteiger partial charge in [0.15, 0.2) is 5.96 Å². The van der Waals surface area contributed by atoms with E-state index in [9.17, 15) is 0 Å². The molecule has 1 aromatic rings. The van der Waals surface area contributed by atoms with Crippen LogP contribution in [0.15, 0.2) is 23.3 Å². The number of hydrogen-bond acceptors (Lipinski definition) is 5. The van der Waals surface area contributed by atoms with Crippen LogP contribution < -0.4 is 15.5 Å². The van der Waals surface area contributed by atoms with Crippen molar-refractivity contribution >= 4 is 11.8 Å². The molecule has 0 unspecified atom stereocenters. The van der Waals surface area contributed by atoms with Crippen molar-refractivity contribution in [1.29, 1.82) is 0 Å². The van der Waals surface area contributed by atoms with Crippen LogP contribution in [-0.4, -0.2) is 64.6 Å². The molecule has 1 aliphatic heterocycles. The van der Waals surface area contributed by atoms with Crippen LogP contribution in [0.5, 0.6) is 0 Å². The maximum atomic E-state index is 5.81. The van der Waals surface area contributed by atoms with Gasteiger partial charge in [-0.15, -0.1) is 0 Å². The molecule has 27 heavy (non-hydrogen) atoms. The molecule has 1 aromatic heterocycles. The number of nitrogens with one attached hydrogen (secondary N) is 2. The van der Waals surface area contributed by atoms with Gasteiger partial charge in [0.25, 0.3) is 0 Å². The lowest BCUT2D eigenvalue weighted by molar-refractivity contribution is 0.0203. The van der Waals surface area contributed by atoms with Crippen molar-refractivity contribution in [2.75, 3.05) is 58.5 Å². The first-order valence-electron chi connectivity index (χ1n) is 9.99. The van der Waals surface area contributed by atoms with E-state index in [2.05, 4.69) is 33.6 Å². The van der Waals surface area contributed by atoms with Gasteiger partial charge in [0, 0.05) is 59.8 Å². The van der Waals surface area contributed by atoms with E-state index in [1.807, 2.05) is 31.3 Å². The SMILES string of the molecule is CCNC(=NCc1ccnc(N(C)C)c1)NCCCOCC1CCOCC1. The maximum Gasteiger partial charge on any atom is 0.191 e. The summed E-state index contributed by atoms with van der Waals surface area (Å²) < 4.78 is 11.2. The van der Waals surface area contributed by atoms with E-state index in [0.29, 0.717) is 12.5 Å². The van der Waals surface area contributed by atoms with Crippen LogP contribution in [0.1, 0.15) is 31.7 Å². The van der Waals surface area contributed by atoms with E-state index in [4.69, 9.17) is 9.47 Å². The van der Waals surface area contributed by atoms with Gasteiger partial charge in [-0.1, -0.05) is 0 Å². The normalized spacial score (nSPS) is 15.6. The zero-order valence-corrected chi connectivity index (χ0v) is 17.0. The largest absolute Gasteiger partial charge is 0.381 e. The average molecular weight is 378 g/mol. The summed E-state index contributed by atoms with van der Waals surface area (Å²) in [5, 5.41) is 6.67. The van der Waals surface area contributed by atoms with E-state index < -0.39 is 0 Å². The van der Waals surface area contributed by atoms with E-state index in [-0.39, 0.29) is 0 Å². The minimum atomic E-state index is 0.624. The van der Waals surface area contributed by atoms with Crippen LogP contribution in [0.25, 0.3) is 0 Å². The van der Waals surface area contributed by atoms with Crippen molar-refractivity contribution in [2.24, 2.45) is 10.9 Å². The highest BCUT2D eigenvalue weighted by Crippen LogP contribution is 2.14. The predicted octanol–water partition coefficient (Wildman–Crippen LogP) is 2.04. The summed E-state index contributed by atoms with van der Waals surface area (Å²) in [5.74, 6) is 2.45. The minimum Gasteiger partial charge on any atom is -0.381 e. The first-order chi connectivity index (χ1) is 13.2. The van der Waals surface area contributed by atoms with Crippen molar-refractivity contribution in [3.05, 3.63) is 23.9 Å². The Kier molecular flexibility index (Phi) is 9.94. The summed E-state index contributed by atoms with van der Waals surface area (Å²) >= 11 is 0. The number of guanidine groups is 1. The van der Waals surface area contributed by atoms with Crippen molar-refractivity contribution in [3.63, 3.8) is 0 Å². The zero-order chi connectivity index (χ0) is 19.3. The van der Waals surface area contributed by atoms with Crippen LogP contribution in [0, 0.1) is 5.92 Å². The number of aromatic nitrogens is 1. The van der Waals surface area contributed by atoms with Gasteiger partial charge < -0.3 is 25.0 Å². The maximum absolute atomic E-state index is 5.81. The Balaban J connectivity index is 1.67. The third kappa shape index (κ3) is 8.58. The topological polar surface area (TPSA) is 71.0 Å². The van der Waals surface area contributed by atoms with Crippen molar-refractivity contribution in [3.8, 4) is 0 Å². The van der Waals surface area contributed by atoms with E-state index in [1.54, 1.807) is 0 Å². The summed E-state index contributed by atoms with van der Waals surface area (Å²) in [6.45, 7) is 7.78. The molecule has 2 heterocycles. The van der Waals surface area contributed by atoms with Crippen LogP contribution in [-0.2, 0) is 16.0 Å². The summed E-state index contributed by atoms with van der Waals surface area (Å²) in [4.78, 5) is 11.0. The molecular formula is C20H35N5O2. The molecule has 2 rings (SSSR count). The van der Waals surface area contributed by atoms with Crippen molar-refractivity contribution in [1.82, 2.24) is 15.6 Å². The van der Waals surface area contributed by atoms with Gasteiger partial charge in [-0.2, -0.15) is 0 Å². The number of rotatable bonds is 10. The van der Waals surface area contributed by atoms with Crippen LogP contribution in [0.4, 0.5) is 5.82 Å². The van der Waals surface area contributed by atoms with Crippen molar-refractivity contribution < 1.29 is 9.47 Å². The summed E-state index contributed by atoms with van der Waals surface area (Å²) in [5.41, 5.74) is 1.14. The molecule has 0 spiro atoms. The first-order valence-corrected chi connectivity index (χ1v) is 9.99. The molecule has 7 heteroatoms. The highest BCUT2D eigenvalue weighted by atomic mass is 16.5. The van der Waals surface area contributed by atoms with Crippen LogP contribution >= 0.6 is 0 Å². The van der Waals surface area contributed by atoms with E-state index >= 15 is 0 Å². The molecule has 0 aliphatic carbocycles. The second-order valence-corrected chi connectivity index (χ2v) is 7.02. The molecule has 1 fully saturated rings. The van der Waals surface area contributed by atoms with Gasteiger partial charge in [0.05, 0.1) is 6.54 Å². The monoisotopic (exact) mass is 377 g/mol. The smallest absolute Gasteiger partial charge is 0.191 e. The lowest BCUT2D eigenvalue weighted by atomic mass is 10.0. The van der Waals surface area contributed by atoms with Gasteiger partial charge in [-0.25, -0.2) is 9.98 Å². The Morgan fingerprint density at radius 1 is 1.33 bits per heavy atom. The van der Waals surface area contributed by atoms with Gasteiger partial charge in [0.2, 0.25) is 0 Å². The van der Waals surface area contributed by atoms with Crippen LogP contribution in [0.3, 0.4) is 0 Å². The number of anilines is 1. The molecule has 0 amide bonds. The molecule has 0 saturated carbocycles. The van der Waals surface area contributed by atoms with E-state index in [0.717, 1.165) is 76.1 Å². The fourth-order valence-corrected chi connectivity index (χ4v) is 2.86. The fourth-order valence-electron chi connectivity index (χ4n) is 2.86. The van der Waals surface area contributed by atoms with Gasteiger partial charge in [0.1, 0.15) is 5.82 Å². The standard InChI is InChI=1S/C20H35N5O2/c1-4-21-20(24-15-18-6-10-22-19(14-18)25(2)3)23-9-5-11-27-16-17-7-12-26-13-8-17/h6,10,14,17H,4-5,7-9,11-13,15-16H2,1-3H3,(H2,21,23,24). The third-order valence-corrected chi connectivity index (χ3v) is 4.48. The second kappa shape index (κ2) is 12.5. The highest BCUT2D eigenvalue weighted by Gasteiger charge is 2.13. The van der Waals surface area contributed by atoms with Gasteiger partial charge in [-0.3, -0.25) is 0 Å². The molecule has 7 nitrogen and oxygen atoms in total. The predicted molar refractivity (Wildman–Crippen MR) is 110 cm³/mol. The Morgan fingerprint density at radius 2 is 2.15 bits per heavy atom. The van der Waals surface area contributed by atoms with Gasteiger partial charge >= 0.3 is 0 Å². The first kappa shape index (κ1) is 21.4. The molecule has 0 atom stereocenters. The Bertz CT molecular complexity index is 559. The molecule has 0 aromatic carbocycles. The molecule has 0 radical (unpaired) electrons. The lowest BCUT2D eigenvalue weighted by Gasteiger charge is -2.21. The summed E-state index contributed by atoms with van der Waals surface area (Å²) in [7, 11) is 3.98. The molecule has 152 valence electrons. The highest BCUT2D eigenvalue weighted by molar-refractivity contribution is 5.79. The number of nitrogens with zero attached hydrogens (tertiary/aromatic N) is 3. The average Bonchev–Trinajstić information content (AvgIpc) is 2.69. The number of hydrogen-bond donors (Lipinski definition) is 2. The van der Waals surface area contributed by atoms with Crippen molar-refractivity contribution in [2.45, 2.75) is 32.7 Å². The Hall–Kier alpha value is -1.86.